The Morgan fingerprint density at radius 2 is 1.54 bits per heavy atom. The van der Waals surface area contributed by atoms with E-state index in [-0.39, 0.29) is 5.91 Å². The molecule has 0 atom stereocenters. The van der Waals surface area contributed by atoms with Crippen molar-refractivity contribution in [1.82, 2.24) is 4.90 Å². The summed E-state index contributed by atoms with van der Waals surface area (Å²) in [6.45, 7) is -0.00697. The van der Waals surface area contributed by atoms with Gasteiger partial charge in [0.25, 0.3) is 5.91 Å². The smallest absolute Gasteiger partial charge is 0.341 e. The second-order valence-corrected chi connectivity index (χ2v) is 5.59. The number of rotatable bonds is 8. The van der Waals surface area contributed by atoms with Crippen molar-refractivity contribution in [3.8, 4) is 17.2 Å². The van der Waals surface area contributed by atoms with Crippen molar-refractivity contribution in [3.63, 3.8) is 0 Å². The molecule has 2 rings (SSSR count). The van der Waals surface area contributed by atoms with E-state index >= 15 is 0 Å². The first-order chi connectivity index (χ1) is 12.4. The highest BCUT2D eigenvalue weighted by Gasteiger charge is 2.15. The van der Waals surface area contributed by atoms with Crippen LogP contribution in [0.2, 0.25) is 0 Å². The van der Waals surface area contributed by atoms with E-state index in [0.29, 0.717) is 29.4 Å². The summed E-state index contributed by atoms with van der Waals surface area (Å²) >= 11 is 0. The van der Waals surface area contributed by atoms with E-state index in [2.05, 4.69) is 0 Å². The van der Waals surface area contributed by atoms with Gasteiger partial charge in [-0.1, -0.05) is 12.1 Å². The molecule has 0 unspecified atom stereocenters. The average molecular weight is 359 g/mol. The predicted octanol–water partition coefficient (Wildman–Crippen LogP) is 2.44. The number of ether oxygens (including phenoxy) is 3. The molecule has 0 radical (unpaired) electrons. The molecule has 0 aromatic heterocycles. The van der Waals surface area contributed by atoms with Crippen molar-refractivity contribution in [3.05, 3.63) is 53.6 Å². The lowest BCUT2D eigenvalue weighted by atomic mass is 10.1. The number of benzene rings is 2. The molecule has 1 amide bonds. The zero-order valence-electron chi connectivity index (χ0n) is 14.9. The summed E-state index contributed by atoms with van der Waals surface area (Å²) in [5.74, 6) is 0.339. The van der Waals surface area contributed by atoms with Gasteiger partial charge in [0.1, 0.15) is 17.2 Å². The van der Waals surface area contributed by atoms with Crippen molar-refractivity contribution in [2.24, 2.45) is 0 Å². The molecule has 0 aliphatic carbocycles. The molecule has 0 bridgehead atoms. The maximum Gasteiger partial charge on any atom is 0.341 e. The highest BCUT2D eigenvalue weighted by molar-refractivity contribution is 5.95. The number of carboxylic acid groups (broad SMARTS) is 1. The lowest BCUT2D eigenvalue weighted by Gasteiger charge is -2.18. The van der Waals surface area contributed by atoms with E-state index in [1.807, 2.05) is 0 Å². The Hall–Kier alpha value is -3.22. The average Bonchev–Trinajstić information content (AvgIpc) is 2.66. The number of carboxylic acids is 1. The van der Waals surface area contributed by atoms with E-state index < -0.39 is 12.6 Å². The third-order valence-corrected chi connectivity index (χ3v) is 3.65. The molecular weight excluding hydrogens is 338 g/mol. The SMILES string of the molecule is COc1cc(OC)cc(C(=O)N(C)Cc2ccc(OCC(=O)O)cc2)c1. The fourth-order valence-corrected chi connectivity index (χ4v) is 2.33. The Bertz CT molecular complexity index is 750. The molecule has 2 aromatic rings. The Morgan fingerprint density at radius 3 is 2.04 bits per heavy atom. The Morgan fingerprint density at radius 1 is 0.962 bits per heavy atom. The van der Waals surface area contributed by atoms with Gasteiger partial charge in [0.05, 0.1) is 14.2 Å². The maximum atomic E-state index is 12.7. The van der Waals surface area contributed by atoms with Crippen LogP contribution in [0, 0.1) is 0 Å². The van der Waals surface area contributed by atoms with Crippen molar-refractivity contribution < 1.29 is 28.9 Å². The van der Waals surface area contributed by atoms with Gasteiger partial charge in [-0.25, -0.2) is 4.79 Å². The lowest BCUT2D eigenvalue weighted by Crippen LogP contribution is -2.26. The number of carbonyl (C=O) groups is 2. The third kappa shape index (κ3) is 5.14. The number of aliphatic carboxylic acids is 1. The molecule has 138 valence electrons. The van der Waals surface area contributed by atoms with Gasteiger partial charge in [-0.05, 0) is 29.8 Å². The lowest BCUT2D eigenvalue weighted by molar-refractivity contribution is -0.139. The van der Waals surface area contributed by atoms with Crippen LogP contribution in [0.5, 0.6) is 17.2 Å². The molecule has 0 aliphatic rings. The topological polar surface area (TPSA) is 85.3 Å². The molecule has 1 N–H and O–H groups in total. The van der Waals surface area contributed by atoms with E-state index in [1.54, 1.807) is 54.4 Å². The summed E-state index contributed by atoms with van der Waals surface area (Å²) in [6.07, 6.45) is 0. The number of hydrogen-bond acceptors (Lipinski definition) is 5. The molecule has 26 heavy (non-hydrogen) atoms. The first kappa shape index (κ1) is 19.1. The van der Waals surface area contributed by atoms with E-state index in [9.17, 15) is 9.59 Å². The Kier molecular flexibility index (Phi) is 6.43. The second kappa shape index (κ2) is 8.75. The van der Waals surface area contributed by atoms with Crippen molar-refractivity contribution in [2.75, 3.05) is 27.9 Å². The first-order valence-electron chi connectivity index (χ1n) is 7.85. The summed E-state index contributed by atoms with van der Waals surface area (Å²) < 4.78 is 15.5. The zero-order valence-corrected chi connectivity index (χ0v) is 14.9. The third-order valence-electron chi connectivity index (χ3n) is 3.65. The molecule has 7 nitrogen and oxygen atoms in total. The van der Waals surface area contributed by atoms with Crippen LogP contribution < -0.4 is 14.2 Å². The maximum absolute atomic E-state index is 12.7. The Balaban J connectivity index is 2.06. The van der Waals surface area contributed by atoms with Crippen LogP contribution in [-0.2, 0) is 11.3 Å². The predicted molar refractivity (Wildman–Crippen MR) is 94.9 cm³/mol. The van der Waals surface area contributed by atoms with Crippen LogP contribution in [0.25, 0.3) is 0 Å². The highest BCUT2D eigenvalue weighted by Crippen LogP contribution is 2.23. The standard InChI is InChI=1S/C19H21NO6/c1-20(11-13-4-6-15(7-5-13)26-12-18(21)22)19(23)14-8-16(24-2)10-17(9-14)25-3/h4-10H,11-12H2,1-3H3,(H,21,22). The van der Waals surface area contributed by atoms with Gasteiger partial charge in [0, 0.05) is 25.2 Å². The van der Waals surface area contributed by atoms with Gasteiger partial charge < -0.3 is 24.2 Å². The summed E-state index contributed by atoms with van der Waals surface area (Å²) in [6, 6.07) is 11.9. The van der Waals surface area contributed by atoms with Gasteiger partial charge in [0.2, 0.25) is 0 Å². The summed E-state index contributed by atoms with van der Waals surface area (Å²) in [7, 11) is 4.75. The van der Waals surface area contributed by atoms with E-state index in [0.717, 1.165) is 5.56 Å². The monoisotopic (exact) mass is 359 g/mol. The minimum absolute atomic E-state index is 0.173. The summed E-state index contributed by atoms with van der Waals surface area (Å²) in [5.41, 5.74) is 1.35. The van der Waals surface area contributed by atoms with Crippen molar-refractivity contribution in [2.45, 2.75) is 6.54 Å². The van der Waals surface area contributed by atoms with Crippen molar-refractivity contribution >= 4 is 11.9 Å². The van der Waals surface area contributed by atoms with Gasteiger partial charge in [-0.15, -0.1) is 0 Å². The van der Waals surface area contributed by atoms with E-state index in [1.165, 1.54) is 14.2 Å². The normalized spacial score (nSPS) is 10.1. The number of nitrogens with zero attached hydrogens (tertiary/aromatic N) is 1. The largest absolute Gasteiger partial charge is 0.497 e. The molecule has 0 saturated carbocycles. The number of carbonyl (C=O) groups excluding carboxylic acids is 1. The van der Waals surface area contributed by atoms with Gasteiger partial charge in [-0.3, -0.25) is 4.79 Å². The molecule has 2 aromatic carbocycles. The van der Waals surface area contributed by atoms with Gasteiger partial charge in [-0.2, -0.15) is 0 Å². The minimum atomic E-state index is -1.03. The Labute approximate surface area is 151 Å². The highest BCUT2D eigenvalue weighted by atomic mass is 16.5. The van der Waals surface area contributed by atoms with Crippen LogP contribution >= 0.6 is 0 Å². The quantitative estimate of drug-likeness (QED) is 0.779. The fourth-order valence-electron chi connectivity index (χ4n) is 2.33. The number of amides is 1. The van der Waals surface area contributed by atoms with Crippen molar-refractivity contribution in [1.29, 1.82) is 0 Å². The van der Waals surface area contributed by atoms with Crippen LogP contribution in [0.15, 0.2) is 42.5 Å². The molecular formula is C19H21NO6. The number of methoxy groups -OCH3 is 2. The van der Waals surface area contributed by atoms with Crippen LogP contribution in [0.3, 0.4) is 0 Å². The van der Waals surface area contributed by atoms with Gasteiger partial charge >= 0.3 is 5.97 Å². The molecule has 0 spiro atoms. The van der Waals surface area contributed by atoms with E-state index in [4.69, 9.17) is 19.3 Å². The van der Waals surface area contributed by atoms with Crippen LogP contribution in [0.4, 0.5) is 0 Å². The molecule has 0 fully saturated rings. The van der Waals surface area contributed by atoms with Crippen LogP contribution in [0.1, 0.15) is 15.9 Å². The first-order valence-corrected chi connectivity index (χ1v) is 7.85. The fraction of sp³-hybridized carbons (Fsp3) is 0.263. The van der Waals surface area contributed by atoms with Crippen LogP contribution in [-0.4, -0.2) is 49.8 Å². The molecule has 0 heterocycles. The molecule has 0 saturated heterocycles. The summed E-state index contributed by atoms with van der Waals surface area (Å²) in [5, 5.41) is 8.61. The number of hydrogen-bond donors (Lipinski definition) is 1. The zero-order chi connectivity index (χ0) is 19.1. The molecule has 0 aliphatic heterocycles. The minimum Gasteiger partial charge on any atom is -0.497 e. The van der Waals surface area contributed by atoms with Gasteiger partial charge in [0.15, 0.2) is 6.61 Å². The summed E-state index contributed by atoms with van der Waals surface area (Å²) in [4.78, 5) is 24.7. The molecule has 7 heteroatoms. The second-order valence-electron chi connectivity index (χ2n) is 5.59.